The molecule has 0 radical (unpaired) electrons. The van der Waals surface area contributed by atoms with Crippen molar-refractivity contribution in [2.45, 2.75) is 38.6 Å². The van der Waals surface area contributed by atoms with Gasteiger partial charge in [-0.05, 0) is 38.0 Å². The minimum Gasteiger partial charge on any atom is -0.362 e. The summed E-state index contributed by atoms with van der Waals surface area (Å²) in [7, 11) is -5.71. The third kappa shape index (κ3) is 5.16. The van der Waals surface area contributed by atoms with Gasteiger partial charge in [0, 0.05) is 37.0 Å². The van der Waals surface area contributed by atoms with Crippen molar-refractivity contribution >= 4 is 31.6 Å². The molecule has 0 fully saturated rings. The summed E-state index contributed by atoms with van der Waals surface area (Å²) in [5, 5.41) is 8.78. The number of aryl methyl sites for hydroxylation is 3. The topological polar surface area (TPSA) is 113 Å². The SMILES string of the molecule is CCS(=O)(=O)Oc1c(Cc2ccc(S(C)(=O)=O)c(Cn3cc(C)cn3)c2Cl)c(C)nn1C. The predicted octanol–water partition coefficient (Wildman–Crippen LogP) is 2.66. The van der Waals surface area contributed by atoms with Crippen molar-refractivity contribution in [2.75, 3.05) is 12.0 Å². The molecule has 0 aliphatic rings. The Morgan fingerprint density at radius 1 is 1.12 bits per heavy atom. The van der Waals surface area contributed by atoms with Gasteiger partial charge < -0.3 is 4.18 Å². The van der Waals surface area contributed by atoms with Crippen LogP contribution in [-0.2, 0) is 40.0 Å². The molecule has 0 bridgehead atoms. The molecule has 1 aromatic carbocycles. The van der Waals surface area contributed by atoms with Crippen LogP contribution in [0.25, 0.3) is 0 Å². The standard InChI is InChI=1S/C20H25ClN4O5S2/c1-6-32(28,29)30-20-16(14(3)23-24(20)4)9-15-7-8-18(31(5,26)27)17(19(15)21)12-25-11-13(2)10-22-25/h7-8,10-11H,6,9,12H2,1-5H3. The molecule has 2 aromatic heterocycles. The maximum absolute atomic E-state index is 12.4. The first-order valence-corrected chi connectivity index (χ1v) is 13.6. The van der Waals surface area contributed by atoms with E-state index in [1.807, 2.05) is 6.92 Å². The molecule has 0 unspecified atom stereocenters. The van der Waals surface area contributed by atoms with Crippen LogP contribution in [0.3, 0.4) is 0 Å². The van der Waals surface area contributed by atoms with Crippen LogP contribution in [0.5, 0.6) is 5.88 Å². The van der Waals surface area contributed by atoms with Crippen molar-refractivity contribution in [3.63, 3.8) is 0 Å². The summed E-state index contributed by atoms with van der Waals surface area (Å²) in [5.41, 5.74) is 3.11. The van der Waals surface area contributed by atoms with Crippen molar-refractivity contribution < 1.29 is 21.0 Å². The second-order valence-corrected chi connectivity index (χ2v) is 11.8. The van der Waals surface area contributed by atoms with Crippen LogP contribution in [0.4, 0.5) is 0 Å². The van der Waals surface area contributed by atoms with E-state index in [4.69, 9.17) is 15.8 Å². The molecule has 3 rings (SSSR count). The van der Waals surface area contributed by atoms with Crippen LogP contribution in [0.2, 0.25) is 5.02 Å². The Labute approximate surface area is 193 Å². The molecule has 3 aromatic rings. The fraction of sp³-hybridized carbons (Fsp3) is 0.400. The predicted molar refractivity (Wildman–Crippen MR) is 121 cm³/mol. The molecule has 0 aliphatic carbocycles. The summed E-state index contributed by atoms with van der Waals surface area (Å²) in [6, 6.07) is 3.14. The largest absolute Gasteiger partial charge is 0.362 e. The van der Waals surface area contributed by atoms with Crippen molar-refractivity contribution in [1.82, 2.24) is 19.6 Å². The highest BCUT2D eigenvalue weighted by atomic mass is 35.5. The zero-order valence-electron chi connectivity index (χ0n) is 18.5. The molecular weight excluding hydrogens is 476 g/mol. The molecule has 0 saturated carbocycles. The quantitative estimate of drug-likeness (QED) is 0.437. The summed E-state index contributed by atoms with van der Waals surface area (Å²) in [6.45, 7) is 5.29. The highest BCUT2D eigenvalue weighted by molar-refractivity contribution is 7.90. The van der Waals surface area contributed by atoms with E-state index in [9.17, 15) is 16.8 Å². The van der Waals surface area contributed by atoms with Gasteiger partial charge in [0.15, 0.2) is 9.84 Å². The average Bonchev–Trinajstić information content (AvgIpc) is 3.20. The zero-order valence-corrected chi connectivity index (χ0v) is 20.8. The Kier molecular flexibility index (Phi) is 6.73. The highest BCUT2D eigenvalue weighted by Gasteiger charge is 2.24. The summed E-state index contributed by atoms with van der Waals surface area (Å²) < 4.78 is 57.1. The molecule has 0 aliphatic heterocycles. The van der Waals surface area contributed by atoms with Crippen molar-refractivity contribution in [3.05, 3.63) is 57.5 Å². The summed E-state index contributed by atoms with van der Waals surface area (Å²) in [5.74, 6) is -0.0784. The highest BCUT2D eigenvalue weighted by Crippen LogP contribution is 2.33. The van der Waals surface area contributed by atoms with Gasteiger partial charge in [0.05, 0.1) is 34.1 Å². The van der Waals surface area contributed by atoms with Gasteiger partial charge in [0.2, 0.25) is 5.88 Å². The van der Waals surface area contributed by atoms with Crippen LogP contribution < -0.4 is 4.18 Å². The van der Waals surface area contributed by atoms with E-state index in [1.54, 1.807) is 37.1 Å². The van der Waals surface area contributed by atoms with E-state index in [-0.39, 0.29) is 34.5 Å². The van der Waals surface area contributed by atoms with Crippen LogP contribution in [0, 0.1) is 13.8 Å². The number of rotatable bonds is 8. The molecule has 0 N–H and O–H groups in total. The van der Waals surface area contributed by atoms with Gasteiger partial charge in [-0.15, -0.1) is 0 Å². The lowest BCUT2D eigenvalue weighted by molar-refractivity contribution is 0.454. The second kappa shape index (κ2) is 8.87. The van der Waals surface area contributed by atoms with Crippen molar-refractivity contribution in [1.29, 1.82) is 0 Å². The average molecular weight is 501 g/mol. The van der Waals surface area contributed by atoms with Crippen LogP contribution in [0.15, 0.2) is 29.4 Å². The Bertz CT molecular complexity index is 1380. The minimum absolute atomic E-state index is 0.108. The number of halogens is 1. The van der Waals surface area contributed by atoms with Crippen molar-refractivity contribution in [2.24, 2.45) is 7.05 Å². The van der Waals surface area contributed by atoms with E-state index < -0.39 is 20.0 Å². The smallest absolute Gasteiger partial charge is 0.310 e. The second-order valence-electron chi connectivity index (χ2n) is 7.60. The van der Waals surface area contributed by atoms with E-state index in [0.717, 1.165) is 11.8 Å². The van der Waals surface area contributed by atoms with Crippen LogP contribution in [0.1, 0.15) is 34.9 Å². The number of sulfone groups is 1. The maximum Gasteiger partial charge on any atom is 0.310 e. The van der Waals surface area contributed by atoms with E-state index in [1.165, 1.54) is 17.7 Å². The van der Waals surface area contributed by atoms with E-state index >= 15 is 0 Å². The Hall–Kier alpha value is -2.37. The number of hydrogen-bond donors (Lipinski definition) is 0. The summed E-state index contributed by atoms with van der Waals surface area (Å²) in [4.78, 5) is 0.118. The lowest BCUT2D eigenvalue weighted by Crippen LogP contribution is -2.15. The first kappa shape index (κ1) is 24.3. The van der Waals surface area contributed by atoms with Gasteiger partial charge in [-0.2, -0.15) is 18.6 Å². The monoisotopic (exact) mass is 500 g/mol. The third-order valence-electron chi connectivity index (χ3n) is 4.98. The lowest BCUT2D eigenvalue weighted by atomic mass is 10.0. The number of benzene rings is 1. The maximum atomic E-state index is 12.4. The first-order valence-electron chi connectivity index (χ1n) is 9.76. The van der Waals surface area contributed by atoms with Gasteiger partial charge >= 0.3 is 10.1 Å². The molecule has 0 atom stereocenters. The summed E-state index contributed by atoms with van der Waals surface area (Å²) >= 11 is 6.71. The number of hydrogen-bond acceptors (Lipinski definition) is 7. The molecule has 0 spiro atoms. The Morgan fingerprint density at radius 3 is 2.38 bits per heavy atom. The fourth-order valence-electron chi connectivity index (χ4n) is 3.36. The molecule has 0 saturated heterocycles. The first-order chi connectivity index (χ1) is 14.8. The molecule has 0 amide bonds. The van der Waals surface area contributed by atoms with Gasteiger partial charge in [0.25, 0.3) is 0 Å². The third-order valence-corrected chi connectivity index (χ3v) is 7.75. The van der Waals surface area contributed by atoms with E-state index in [0.29, 0.717) is 22.4 Å². The molecule has 9 nitrogen and oxygen atoms in total. The molecular formula is C20H25ClN4O5S2. The fourth-order valence-corrected chi connectivity index (χ4v) is 5.20. The normalized spacial score (nSPS) is 12.3. The number of aromatic nitrogens is 4. The van der Waals surface area contributed by atoms with Gasteiger partial charge in [-0.1, -0.05) is 17.7 Å². The minimum atomic E-state index is -3.76. The van der Waals surface area contributed by atoms with Gasteiger partial charge in [-0.3, -0.25) is 4.68 Å². The van der Waals surface area contributed by atoms with Crippen molar-refractivity contribution in [3.8, 4) is 5.88 Å². The van der Waals surface area contributed by atoms with Gasteiger partial charge in [-0.25, -0.2) is 13.1 Å². The Balaban J connectivity index is 2.10. The zero-order chi connectivity index (χ0) is 23.8. The number of nitrogens with zero attached hydrogens (tertiary/aromatic N) is 4. The lowest BCUT2D eigenvalue weighted by Gasteiger charge is -2.15. The van der Waals surface area contributed by atoms with Gasteiger partial charge in [0.1, 0.15) is 0 Å². The van der Waals surface area contributed by atoms with Crippen LogP contribution in [-0.4, -0.2) is 48.4 Å². The molecule has 12 heteroatoms. The molecule has 174 valence electrons. The Morgan fingerprint density at radius 2 is 1.81 bits per heavy atom. The van der Waals surface area contributed by atoms with E-state index in [2.05, 4.69) is 10.2 Å². The van der Waals surface area contributed by atoms with Crippen LogP contribution >= 0.6 is 11.6 Å². The molecule has 2 heterocycles. The summed E-state index contributed by atoms with van der Waals surface area (Å²) in [6.07, 6.45) is 4.81. The molecule has 32 heavy (non-hydrogen) atoms.